The van der Waals surface area contributed by atoms with E-state index in [2.05, 4.69) is 9.97 Å². The van der Waals surface area contributed by atoms with Gasteiger partial charge in [-0.25, -0.2) is 9.97 Å². The van der Waals surface area contributed by atoms with Crippen LogP contribution in [-0.4, -0.2) is 29.5 Å². The van der Waals surface area contributed by atoms with E-state index in [-0.39, 0.29) is 6.54 Å². The maximum absolute atomic E-state index is 10.8. The molecule has 0 aliphatic rings. The van der Waals surface area contributed by atoms with Gasteiger partial charge in [-0.15, -0.1) is 0 Å². The summed E-state index contributed by atoms with van der Waals surface area (Å²) in [7, 11) is 1.74. The van der Waals surface area contributed by atoms with Gasteiger partial charge in [0.2, 0.25) is 5.91 Å². The highest BCUT2D eigenvalue weighted by Crippen LogP contribution is 2.15. The minimum Gasteiger partial charge on any atom is -0.368 e. The lowest BCUT2D eigenvalue weighted by Crippen LogP contribution is -2.31. The monoisotopic (exact) mass is 242 g/mol. The van der Waals surface area contributed by atoms with Crippen molar-refractivity contribution in [2.45, 2.75) is 19.8 Å². The number of primary amides is 1. The zero-order valence-electron chi connectivity index (χ0n) is 9.40. The molecule has 1 aromatic heterocycles. The number of hydrogen-bond acceptors (Lipinski definition) is 4. The Hall–Kier alpha value is -1.36. The SMILES string of the molecule is CCCc1nc(Cl)cc(N(C)CC(N)=O)n1. The Kier molecular flexibility index (Phi) is 4.49. The maximum atomic E-state index is 10.8. The molecule has 0 saturated carbocycles. The molecule has 2 N–H and O–H groups in total. The second-order valence-corrected chi connectivity index (χ2v) is 3.92. The third-order valence-corrected chi connectivity index (χ3v) is 2.18. The van der Waals surface area contributed by atoms with Crippen LogP contribution in [0, 0.1) is 0 Å². The number of rotatable bonds is 5. The van der Waals surface area contributed by atoms with Gasteiger partial charge in [0.15, 0.2) is 0 Å². The highest BCUT2D eigenvalue weighted by molar-refractivity contribution is 6.29. The third kappa shape index (κ3) is 3.66. The van der Waals surface area contributed by atoms with Crippen molar-refractivity contribution in [1.82, 2.24) is 9.97 Å². The fourth-order valence-corrected chi connectivity index (χ4v) is 1.49. The molecule has 0 bridgehead atoms. The van der Waals surface area contributed by atoms with Crippen LogP contribution < -0.4 is 10.6 Å². The molecule has 6 heteroatoms. The molecule has 0 fully saturated rings. The first-order valence-electron chi connectivity index (χ1n) is 5.05. The summed E-state index contributed by atoms with van der Waals surface area (Å²) in [4.78, 5) is 20.8. The molecule has 0 spiro atoms. The summed E-state index contributed by atoms with van der Waals surface area (Å²) in [5.74, 6) is 0.887. The highest BCUT2D eigenvalue weighted by Gasteiger charge is 2.09. The summed E-state index contributed by atoms with van der Waals surface area (Å²) < 4.78 is 0. The van der Waals surface area contributed by atoms with E-state index in [0.29, 0.717) is 16.8 Å². The van der Waals surface area contributed by atoms with Gasteiger partial charge in [-0.3, -0.25) is 4.79 Å². The van der Waals surface area contributed by atoms with Gasteiger partial charge < -0.3 is 10.6 Å². The van der Waals surface area contributed by atoms with Crippen LogP contribution in [0.25, 0.3) is 0 Å². The molecule has 1 rings (SSSR count). The van der Waals surface area contributed by atoms with Crippen molar-refractivity contribution < 1.29 is 4.79 Å². The largest absolute Gasteiger partial charge is 0.368 e. The number of anilines is 1. The lowest BCUT2D eigenvalue weighted by Gasteiger charge is -2.16. The van der Waals surface area contributed by atoms with Crippen LogP contribution in [0.2, 0.25) is 5.15 Å². The zero-order chi connectivity index (χ0) is 12.1. The number of nitrogens with zero attached hydrogens (tertiary/aromatic N) is 3. The summed E-state index contributed by atoms with van der Waals surface area (Å²) >= 11 is 5.87. The molecule has 1 aromatic rings. The predicted octanol–water partition coefficient (Wildman–Crippen LogP) is 1.00. The summed E-state index contributed by atoms with van der Waals surface area (Å²) in [6.07, 6.45) is 1.71. The Balaban J connectivity index is 2.90. The second-order valence-electron chi connectivity index (χ2n) is 3.54. The first-order chi connectivity index (χ1) is 7.52. The van der Waals surface area contributed by atoms with Crippen molar-refractivity contribution in [2.24, 2.45) is 5.73 Å². The van der Waals surface area contributed by atoms with Crippen molar-refractivity contribution in [1.29, 1.82) is 0 Å². The van der Waals surface area contributed by atoms with E-state index < -0.39 is 5.91 Å². The first-order valence-corrected chi connectivity index (χ1v) is 5.43. The average molecular weight is 243 g/mol. The van der Waals surface area contributed by atoms with Gasteiger partial charge in [0, 0.05) is 19.5 Å². The molecule has 0 unspecified atom stereocenters. The van der Waals surface area contributed by atoms with E-state index in [1.54, 1.807) is 18.0 Å². The zero-order valence-corrected chi connectivity index (χ0v) is 10.2. The number of amides is 1. The van der Waals surface area contributed by atoms with Gasteiger partial charge in [-0.2, -0.15) is 0 Å². The van der Waals surface area contributed by atoms with Crippen LogP contribution in [-0.2, 0) is 11.2 Å². The van der Waals surface area contributed by atoms with Crippen LogP contribution in [0.5, 0.6) is 0 Å². The minimum atomic E-state index is -0.408. The second kappa shape index (κ2) is 5.65. The Labute approximate surface area is 99.6 Å². The highest BCUT2D eigenvalue weighted by atomic mass is 35.5. The topological polar surface area (TPSA) is 72.1 Å². The van der Waals surface area contributed by atoms with Crippen LogP contribution >= 0.6 is 11.6 Å². The summed E-state index contributed by atoms with van der Waals surface area (Å²) in [5, 5.41) is 0.379. The number of hydrogen-bond donors (Lipinski definition) is 1. The molecule has 0 aliphatic heterocycles. The third-order valence-electron chi connectivity index (χ3n) is 1.99. The minimum absolute atomic E-state index is 0.110. The van der Waals surface area contributed by atoms with Gasteiger partial charge in [-0.1, -0.05) is 18.5 Å². The fraction of sp³-hybridized carbons (Fsp3) is 0.500. The van der Waals surface area contributed by atoms with Gasteiger partial charge >= 0.3 is 0 Å². The Morgan fingerprint density at radius 2 is 2.25 bits per heavy atom. The number of likely N-dealkylation sites (N-methyl/N-ethyl adjacent to an activating group) is 1. The lowest BCUT2D eigenvalue weighted by molar-refractivity contribution is -0.116. The molecule has 16 heavy (non-hydrogen) atoms. The molecule has 1 heterocycles. The van der Waals surface area contributed by atoms with E-state index in [1.807, 2.05) is 6.92 Å². The molecule has 0 saturated heterocycles. The van der Waals surface area contributed by atoms with Crippen molar-refractivity contribution >= 4 is 23.3 Å². The summed E-state index contributed by atoms with van der Waals surface area (Å²) in [6, 6.07) is 1.61. The Morgan fingerprint density at radius 3 is 2.81 bits per heavy atom. The lowest BCUT2D eigenvalue weighted by atomic mass is 10.3. The molecule has 5 nitrogen and oxygen atoms in total. The first kappa shape index (κ1) is 12.7. The van der Waals surface area contributed by atoms with Crippen molar-refractivity contribution in [3.63, 3.8) is 0 Å². The summed E-state index contributed by atoms with van der Waals surface area (Å²) in [6.45, 7) is 2.15. The molecule has 1 amide bonds. The Morgan fingerprint density at radius 1 is 1.56 bits per heavy atom. The number of carbonyl (C=O) groups is 1. The molecular formula is C10H15ClN4O. The Bertz CT molecular complexity index is 383. The van der Waals surface area contributed by atoms with Gasteiger partial charge in [0.1, 0.15) is 16.8 Å². The van der Waals surface area contributed by atoms with Gasteiger partial charge in [-0.05, 0) is 6.42 Å². The fourth-order valence-electron chi connectivity index (χ4n) is 1.30. The van der Waals surface area contributed by atoms with Gasteiger partial charge in [0.25, 0.3) is 0 Å². The molecule has 0 aromatic carbocycles. The van der Waals surface area contributed by atoms with E-state index in [1.165, 1.54) is 0 Å². The van der Waals surface area contributed by atoms with E-state index in [9.17, 15) is 4.79 Å². The quantitative estimate of drug-likeness (QED) is 0.782. The molecule has 0 aliphatic carbocycles. The van der Waals surface area contributed by atoms with Crippen molar-refractivity contribution in [3.05, 3.63) is 17.0 Å². The van der Waals surface area contributed by atoms with Crippen LogP contribution in [0.3, 0.4) is 0 Å². The smallest absolute Gasteiger partial charge is 0.236 e. The predicted molar refractivity (Wildman–Crippen MR) is 63.5 cm³/mol. The summed E-state index contributed by atoms with van der Waals surface area (Å²) in [5.41, 5.74) is 5.11. The van der Waals surface area contributed by atoms with E-state index in [0.717, 1.165) is 12.8 Å². The van der Waals surface area contributed by atoms with Gasteiger partial charge in [0.05, 0.1) is 6.54 Å². The number of halogens is 1. The average Bonchev–Trinajstić information content (AvgIpc) is 2.16. The standard InChI is InChI=1S/C10H15ClN4O/c1-3-4-9-13-7(11)5-10(14-9)15(2)6-8(12)16/h5H,3-4,6H2,1-2H3,(H2,12,16). The van der Waals surface area contributed by atoms with E-state index >= 15 is 0 Å². The number of carbonyl (C=O) groups excluding carboxylic acids is 1. The van der Waals surface area contributed by atoms with Crippen molar-refractivity contribution in [3.8, 4) is 0 Å². The molecule has 0 atom stereocenters. The number of nitrogens with two attached hydrogens (primary N) is 1. The van der Waals surface area contributed by atoms with Crippen LogP contribution in [0.15, 0.2) is 6.07 Å². The maximum Gasteiger partial charge on any atom is 0.236 e. The number of aromatic nitrogens is 2. The number of aryl methyl sites for hydroxylation is 1. The van der Waals surface area contributed by atoms with Crippen molar-refractivity contribution in [2.75, 3.05) is 18.5 Å². The van der Waals surface area contributed by atoms with Crippen LogP contribution in [0.1, 0.15) is 19.2 Å². The van der Waals surface area contributed by atoms with E-state index in [4.69, 9.17) is 17.3 Å². The molecular weight excluding hydrogens is 228 g/mol. The molecule has 0 radical (unpaired) electrons. The normalized spacial score (nSPS) is 10.2. The van der Waals surface area contributed by atoms with Crippen LogP contribution in [0.4, 0.5) is 5.82 Å². The molecule has 88 valence electrons.